The van der Waals surface area contributed by atoms with Crippen LogP contribution in [0.15, 0.2) is 0 Å². The largest absolute Gasteiger partial charge is 0.377 e. The van der Waals surface area contributed by atoms with Gasteiger partial charge in [-0.1, -0.05) is 19.3 Å². The van der Waals surface area contributed by atoms with Gasteiger partial charge in [0.2, 0.25) is 0 Å². The first-order chi connectivity index (χ1) is 7.95. The Labute approximate surface area is 99.3 Å². The maximum atomic E-state index is 5.57. The number of hydrogen-bond donors (Lipinski definition) is 2. The van der Waals surface area contributed by atoms with E-state index in [1.807, 2.05) is 0 Å². The summed E-state index contributed by atoms with van der Waals surface area (Å²) in [5, 5.41) is 7.12. The minimum atomic E-state index is 0.481. The maximum Gasteiger partial charge on any atom is 0.0700 e. The molecule has 2 fully saturated rings. The van der Waals surface area contributed by atoms with Gasteiger partial charge in [0.1, 0.15) is 0 Å². The molecule has 1 aliphatic carbocycles. The molecule has 16 heavy (non-hydrogen) atoms. The number of nitrogens with one attached hydrogen (secondary N) is 2. The molecule has 2 N–H and O–H groups in total. The smallest absolute Gasteiger partial charge is 0.0700 e. The van der Waals surface area contributed by atoms with Crippen molar-refractivity contribution in [1.29, 1.82) is 0 Å². The van der Waals surface area contributed by atoms with Crippen molar-refractivity contribution in [3.63, 3.8) is 0 Å². The predicted molar refractivity (Wildman–Crippen MR) is 66.7 cm³/mol. The van der Waals surface area contributed by atoms with Crippen LogP contribution in [-0.4, -0.2) is 38.4 Å². The Bertz CT molecular complexity index is 175. The second kappa shape index (κ2) is 7.25. The van der Waals surface area contributed by atoms with Crippen molar-refractivity contribution in [2.45, 2.75) is 57.1 Å². The molecule has 3 heteroatoms. The lowest BCUT2D eigenvalue weighted by molar-refractivity contribution is 0.110. The highest BCUT2D eigenvalue weighted by atomic mass is 16.5. The van der Waals surface area contributed by atoms with Crippen molar-refractivity contribution < 1.29 is 4.74 Å². The molecule has 1 unspecified atom stereocenters. The minimum absolute atomic E-state index is 0.481. The summed E-state index contributed by atoms with van der Waals surface area (Å²) < 4.78 is 5.57. The monoisotopic (exact) mass is 226 g/mol. The first kappa shape index (κ1) is 12.3. The molecule has 0 aromatic rings. The predicted octanol–water partition coefficient (Wildman–Crippen LogP) is 1.68. The van der Waals surface area contributed by atoms with Crippen molar-refractivity contribution >= 4 is 0 Å². The van der Waals surface area contributed by atoms with Gasteiger partial charge in [0.15, 0.2) is 0 Å². The fourth-order valence-corrected chi connectivity index (χ4v) is 2.74. The van der Waals surface area contributed by atoms with Crippen LogP contribution in [-0.2, 0) is 4.74 Å². The Balaban J connectivity index is 1.42. The second-order valence-corrected chi connectivity index (χ2v) is 5.13. The van der Waals surface area contributed by atoms with Crippen molar-refractivity contribution in [3.05, 3.63) is 0 Å². The van der Waals surface area contributed by atoms with E-state index in [4.69, 9.17) is 4.74 Å². The fraction of sp³-hybridized carbons (Fsp3) is 1.00. The molecule has 2 aliphatic rings. The van der Waals surface area contributed by atoms with Gasteiger partial charge in [-0.3, -0.25) is 0 Å². The molecule has 1 aliphatic heterocycles. The molecule has 1 saturated carbocycles. The summed E-state index contributed by atoms with van der Waals surface area (Å²) >= 11 is 0. The average molecular weight is 226 g/mol. The van der Waals surface area contributed by atoms with Gasteiger partial charge < -0.3 is 15.4 Å². The van der Waals surface area contributed by atoms with E-state index >= 15 is 0 Å². The summed E-state index contributed by atoms with van der Waals surface area (Å²) in [6.45, 7) is 4.19. The second-order valence-electron chi connectivity index (χ2n) is 5.13. The zero-order valence-corrected chi connectivity index (χ0v) is 10.3. The standard InChI is InChI=1S/C13H26N2O/c1-2-5-12(6-3-1)15-9-8-14-11-13-7-4-10-16-13/h12-15H,1-11H2. The summed E-state index contributed by atoms with van der Waals surface area (Å²) in [7, 11) is 0. The molecule has 1 saturated heterocycles. The normalized spacial score (nSPS) is 27.4. The Morgan fingerprint density at radius 1 is 0.938 bits per heavy atom. The van der Waals surface area contributed by atoms with Gasteiger partial charge in [-0.2, -0.15) is 0 Å². The van der Waals surface area contributed by atoms with Crippen molar-refractivity contribution in [3.8, 4) is 0 Å². The highest BCUT2D eigenvalue weighted by Crippen LogP contribution is 2.16. The van der Waals surface area contributed by atoms with Gasteiger partial charge in [-0.25, -0.2) is 0 Å². The highest BCUT2D eigenvalue weighted by molar-refractivity contribution is 4.73. The molecular weight excluding hydrogens is 200 g/mol. The molecule has 2 rings (SSSR count). The van der Waals surface area contributed by atoms with Gasteiger partial charge >= 0.3 is 0 Å². The molecule has 0 bridgehead atoms. The molecule has 0 aromatic heterocycles. The molecule has 0 spiro atoms. The number of ether oxygens (including phenoxy) is 1. The van der Waals surface area contributed by atoms with E-state index in [2.05, 4.69) is 10.6 Å². The lowest BCUT2D eigenvalue weighted by Gasteiger charge is -2.23. The molecule has 1 atom stereocenters. The van der Waals surface area contributed by atoms with Crippen LogP contribution in [0.4, 0.5) is 0 Å². The minimum Gasteiger partial charge on any atom is -0.377 e. The van der Waals surface area contributed by atoms with Crippen LogP contribution < -0.4 is 10.6 Å². The fourth-order valence-electron chi connectivity index (χ4n) is 2.74. The molecule has 1 heterocycles. The summed E-state index contributed by atoms with van der Waals surface area (Å²) in [4.78, 5) is 0. The quantitative estimate of drug-likeness (QED) is 0.676. The Hall–Kier alpha value is -0.120. The number of hydrogen-bond acceptors (Lipinski definition) is 3. The zero-order chi connectivity index (χ0) is 11.1. The van der Waals surface area contributed by atoms with Gasteiger partial charge in [-0.05, 0) is 25.7 Å². The van der Waals surface area contributed by atoms with Crippen molar-refractivity contribution in [2.24, 2.45) is 0 Å². The van der Waals surface area contributed by atoms with Crippen LogP contribution in [0, 0.1) is 0 Å². The molecule has 3 nitrogen and oxygen atoms in total. The van der Waals surface area contributed by atoms with Gasteiger partial charge in [-0.15, -0.1) is 0 Å². The van der Waals surface area contributed by atoms with E-state index in [-0.39, 0.29) is 0 Å². The van der Waals surface area contributed by atoms with Crippen LogP contribution in [0.3, 0.4) is 0 Å². The summed E-state index contributed by atoms with van der Waals surface area (Å²) in [5.41, 5.74) is 0. The van der Waals surface area contributed by atoms with Gasteiger partial charge in [0.05, 0.1) is 6.10 Å². The SMILES string of the molecule is C1CCC(NCCNCC2CCCO2)CC1. The van der Waals surface area contributed by atoms with Crippen molar-refractivity contribution in [2.75, 3.05) is 26.2 Å². The van der Waals surface area contributed by atoms with Crippen LogP contribution >= 0.6 is 0 Å². The molecule has 0 aromatic carbocycles. The van der Waals surface area contributed by atoms with Gasteiger partial charge in [0, 0.05) is 32.3 Å². The van der Waals surface area contributed by atoms with E-state index in [1.54, 1.807) is 0 Å². The Morgan fingerprint density at radius 2 is 1.81 bits per heavy atom. The molecule has 0 radical (unpaired) electrons. The summed E-state index contributed by atoms with van der Waals surface area (Å²) in [5.74, 6) is 0. The topological polar surface area (TPSA) is 33.3 Å². The van der Waals surface area contributed by atoms with Gasteiger partial charge in [0.25, 0.3) is 0 Å². The van der Waals surface area contributed by atoms with Crippen LogP contribution in [0.25, 0.3) is 0 Å². The maximum absolute atomic E-state index is 5.57. The highest BCUT2D eigenvalue weighted by Gasteiger charge is 2.14. The van der Waals surface area contributed by atoms with Crippen LogP contribution in [0.1, 0.15) is 44.9 Å². The number of rotatable bonds is 6. The summed E-state index contributed by atoms with van der Waals surface area (Å²) in [6, 6.07) is 0.790. The van der Waals surface area contributed by atoms with E-state index < -0.39 is 0 Å². The third-order valence-electron chi connectivity index (χ3n) is 3.74. The van der Waals surface area contributed by atoms with Crippen LogP contribution in [0.5, 0.6) is 0 Å². The van der Waals surface area contributed by atoms with Crippen molar-refractivity contribution in [1.82, 2.24) is 10.6 Å². The van der Waals surface area contributed by atoms with E-state index in [1.165, 1.54) is 44.9 Å². The Kier molecular flexibility index (Phi) is 5.59. The first-order valence-corrected chi connectivity index (χ1v) is 7.01. The van der Waals surface area contributed by atoms with Crippen LogP contribution in [0.2, 0.25) is 0 Å². The molecule has 94 valence electrons. The third-order valence-corrected chi connectivity index (χ3v) is 3.74. The van der Waals surface area contributed by atoms with E-state index in [0.717, 1.165) is 32.3 Å². The third kappa shape index (κ3) is 4.40. The molecular formula is C13H26N2O. The average Bonchev–Trinajstić information content (AvgIpc) is 2.83. The summed E-state index contributed by atoms with van der Waals surface area (Å²) in [6.07, 6.45) is 10.00. The Morgan fingerprint density at radius 3 is 2.56 bits per heavy atom. The first-order valence-electron chi connectivity index (χ1n) is 7.01. The lowest BCUT2D eigenvalue weighted by Crippen LogP contribution is -2.38. The van der Waals surface area contributed by atoms with E-state index in [0.29, 0.717) is 6.10 Å². The van der Waals surface area contributed by atoms with E-state index in [9.17, 15) is 0 Å². The zero-order valence-electron chi connectivity index (χ0n) is 10.3. The lowest BCUT2D eigenvalue weighted by atomic mass is 9.95. The molecule has 0 amide bonds.